The number of nitrogens with two attached hydrogens (primary N) is 1. The normalized spacial score (nSPS) is 21.0. The molecule has 15 heteroatoms. The maximum atomic E-state index is 16.7. The number of thiazole rings is 1. The average Bonchev–Trinajstić information content (AvgIpc) is 3.29. The quantitative estimate of drug-likeness (QED) is 0.196. The molecule has 9 nitrogen and oxygen atoms in total. The molecule has 4 heterocycles. The van der Waals surface area contributed by atoms with Crippen LogP contribution in [-0.2, 0) is 11.0 Å². The molecular formula is C31H29F5N6O3S. The summed E-state index contributed by atoms with van der Waals surface area (Å²) in [6, 6.07) is 2.50. The Morgan fingerprint density at radius 3 is 2.70 bits per heavy atom. The number of nitrogens with zero attached hydrogens (tertiary/aromatic N) is 5. The smallest absolute Gasteiger partial charge is 0.417 e. The van der Waals surface area contributed by atoms with E-state index in [0.717, 1.165) is 61.4 Å². The van der Waals surface area contributed by atoms with Gasteiger partial charge < -0.3 is 20.1 Å². The number of hydrogen-bond donors (Lipinski definition) is 1. The largest absolute Gasteiger partial charge is 0.472 e. The van der Waals surface area contributed by atoms with Crippen molar-refractivity contribution in [1.82, 2.24) is 24.8 Å². The summed E-state index contributed by atoms with van der Waals surface area (Å²) in [5.41, 5.74) is 2.87. The summed E-state index contributed by atoms with van der Waals surface area (Å²) in [5.74, 6) is -2.71. The van der Waals surface area contributed by atoms with Crippen LogP contribution in [-0.4, -0.2) is 76.1 Å². The minimum absolute atomic E-state index is 0.0510. The molecule has 2 aliphatic heterocycles. The summed E-state index contributed by atoms with van der Waals surface area (Å²) in [6.07, 6.45) is -0.968. The maximum Gasteiger partial charge on any atom is 0.417 e. The Bertz CT molecular complexity index is 1890. The Kier molecular flexibility index (Phi) is 7.31. The molecule has 0 radical (unpaired) electrons. The fourth-order valence-corrected chi connectivity index (χ4v) is 7.36. The predicted octanol–water partition coefficient (Wildman–Crippen LogP) is 5.81. The number of ether oxygens (including phenoxy) is 2. The number of amides is 1. The summed E-state index contributed by atoms with van der Waals surface area (Å²) in [4.78, 5) is 28.4. The lowest BCUT2D eigenvalue weighted by atomic mass is 9.95. The second kappa shape index (κ2) is 11.0. The van der Waals surface area contributed by atoms with Crippen molar-refractivity contribution in [3.8, 4) is 23.0 Å². The number of benzene rings is 2. The van der Waals surface area contributed by atoms with E-state index in [1.807, 2.05) is 7.05 Å². The number of likely N-dealkylation sites (tertiary alicyclic amines) is 2. The van der Waals surface area contributed by atoms with Crippen molar-refractivity contribution in [2.75, 3.05) is 39.0 Å². The first-order chi connectivity index (χ1) is 21.9. The van der Waals surface area contributed by atoms with Crippen LogP contribution in [0, 0.1) is 17.0 Å². The first-order valence-corrected chi connectivity index (χ1v) is 15.5. The molecule has 3 fully saturated rings. The van der Waals surface area contributed by atoms with Gasteiger partial charge in [0.2, 0.25) is 11.8 Å². The van der Waals surface area contributed by atoms with Gasteiger partial charge in [-0.15, -0.1) is 0 Å². The first-order valence-electron chi connectivity index (χ1n) is 14.7. The van der Waals surface area contributed by atoms with Gasteiger partial charge in [-0.2, -0.15) is 23.1 Å². The van der Waals surface area contributed by atoms with Gasteiger partial charge in [0.05, 0.1) is 27.7 Å². The Labute approximate surface area is 263 Å². The van der Waals surface area contributed by atoms with Crippen LogP contribution < -0.4 is 15.2 Å². The lowest BCUT2D eigenvalue weighted by Gasteiger charge is -2.21. The number of fused-ring (bicyclic) bond motifs is 2. The Hall–Kier alpha value is -4.11. The number of hydrogen-bond acceptors (Lipinski definition) is 9. The summed E-state index contributed by atoms with van der Waals surface area (Å²) in [5, 5.41) is -0.421. The van der Waals surface area contributed by atoms with Crippen molar-refractivity contribution >= 4 is 43.5 Å². The molecule has 0 bridgehead atoms. The van der Waals surface area contributed by atoms with Crippen molar-refractivity contribution in [2.45, 2.75) is 44.0 Å². The molecule has 1 saturated carbocycles. The highest BCUT2D eigenvalue weighted by Crippen LogP contribution is 2.54. The highest BCUT2D eigenvalue weighted by Gasteiger charge is 2.51. The number of likely N-dealkylation sites (N-methyl/N-ethyl adjacent to an activating group) is 1. The average molecular weight is 661 g/mol. The topological polar surface area (TPSA) is 107 Å². The summed E-state index contributed by atoms with van der Waals surface area (Å²) in [7, 11) is 1.99. The van der Waals surface area contributed by atoms with Crippen LogP contribution in [0.25, 0.3) is 32.2 Å². The van der Waals surface area contributed by atoms with Gasteiger partial charge in [-0.1, -0.05) is 17.9 Å². The summed E-state index contributed by atoms with van der Waals surface area (Å²) in [6.45, 7) is 5.06. The standard InChI is InChI=1S/C31H29F5N6O3S/c1-3-21(43)42-9-6-16(12-42)45-27-18-10-19(31(34,35)36)22(17-4-5-20(32)26-25(17)38-28(37)46-26)23(33)24(18)39-29(40-27)44-13-15-11-30(7-8-30)14-41(15)2/h3-5,10,15-16H,1,6-9,11-14H2,2H3,(H2,37,38)/t15-,16+/m0/s1. The number of nitrogen functional groups attached to an aromatic ring is 1. The Balaban J connectivity index is 1.36. The third-order valence-electron chi connectivity index (χ3n) is 9.11. The van der Waals surface area contributed by atoms with Crippen LogP contribution >= 0.6 is 11.3 Å². The monoisotopic (exact) mass is 660 g/mol. The van der Waals surface area contributed by atoms with Gasteiger partial charge in [0.15, 0.2) is 10.9 Å². The summed E-state index contributed by atoms with van der Waals surface area (Å²) >= 11 is 0.744. The minimum Gasteiger partial charge on any atom is -0.472 e. The zero-order valence-electron chi connectivity index (χ0n) is 24.7. The zero-order chi connectivity index (χ0) is 32.5. The van der Waals surface area contributed by atoms with Gasteiger partial charge >= 0.3 is 12.2 Å². The number of carbonyl (C=O) groups is 1. The number of carbonyl (C=O) groups excluding carboxylic acids is 1. The van der Waals surface area contributed by atoms with Crippen LogP contribution in [0.5, 0.6) is 11.9 Å². The number of alkyl halides is 3. The van der Waals surface area contributed by atoms with Crippen LogP contribution in [0.2, 0.25) is 0 Å². The zero-order valence-corrected chi connectivity index (χ0v) is 25.5. The van der Waals surface area contributed by atoms with Crippen molar-refractivity contribution in [1.29, 1.82) is 0 Å². The molecule has 46 heavy (non-hydrogen) atoms. The molecular weight excluding hydrogens is 631 g/mol. The number of halogens is 5. The third-order valence-corrected chi connectivity index (χ3v) is 10.0. The maximum absolute atomic E-state index is 16.7. The molecule has 2 N–H and O–H groups in total. The Morgan fingerprint density at radius 2 is 2.00 bits per heavy atom. The van der Waals surface area contributed by atoms with E-state index < -0.39 is 40.6 Å². The van der Waals surface area contributed by atoms with Gasteiger partial charge in [0.1, 0.15) is 24.0 Å². The molecule has 2 aromatic carbocycles. The van der Waals surface area contributed by atoms with Crippen molar-refractivity contribution in [3.63, 3.8) is 0 Å². The lowest BCUT2D eigenvalue weighted by Crippen LogP contribution is -2.31. The molecule has 3 aliphatic rings. The van der Waals surface area contributed by atoms with Crippen LogP contribution in [0.4, 0.5) is 27.1 Å². The van der Waals surface area contributed by atoms with E-state index in [0.29, 0.717) is 13.0 Å². The molecule has 2 aromatic heterocycles. The molecule has 242 valence electrons. The lowest BCUT2D eigenvalue weighted by molar-refractivity contribution is -0.137. The molecule has 1 aliphatic carbocycles. The molecule has 1 spiro atoms. The van der Waals surface area contributed by atoms with Gasteiger partial charge in [-0.25, -0.2) is 13.8 Å². The SMILES string of the molecule is C=CC(=O)N1CC[C@@H](Oc2nc(OC[C@@H]3CC4(CC4)CN3C)nc3c(F)c(-c4ccc(F)c5sc(N)nc45)c(C(F)(F)F)cc23)C1. The fraction of sp³-hybridized carbons (Fsp3) is 0.419. The van der Waals surface area contributed by atoms with E-state index in [4.69, 9.17) is 15.2 Å². The van der Waals surface area contributed by atoms with Crippen molar-refractivity contribution in [3.05, 3.63) is 48.1 Å². The molecule has 2 saturated heterocycles. The molecule has 2 atom stereocenters. The minimum atomic E-state index is -5.05. The van der Waals surface area contributed by atoms with Gasteiger partial charge in [0, 0.05) is 36.7 Å². The second-order valence-electron chi connectivity index (χ2n) is 12.2. The Morgan fingerprint density at radius 1 is 1.22 bits per heavy atom. The number of anilines is 1. The van der Waals surface area contributed by atoms with Crippen molar-refractivity contribution < 1.29 is 36.2 Å². The molecule has 1 amide bonds. The molecule has 4 aromatic rings. The number of aromatic nitrogens is 3. The van der Waals surface area contributed by atoms with Crippen LogP contribution in [0.15, 0.2) is 30.9 Å². The highest BCUT2D eigenvalue weighted by atomic mass is 32.1. The van der Waals surface area contributed by atoms with Gasteiger partial charge in [0.25, 0.3) is 0 Å². The third kappa shape index (κ3) is 5.38. The van der Waals surface area contributed by atoms with E-state index in [2.05, 4.69) is 26.4 Å². The van der Waals surface area contributed by atoms with E-state index >= 15 is 4.39 Å². The second-order valence-corrected chi connectivity index (χ2v) is 13.3. The number of rotatable bonds is 7. The van der Waals surface area contributed by atoms with E-state index in [1.165, 1.54) is 4.90 Å². The van der Waals surface area contributed by atoms with E-state index in [9.17, 15) is 22.4 Å². The predicted molar refractivity (Wildman–Crippen MR) is 161 cm³/mol. The highest BCUT2D eigenvalue weighted by molar-refractivity contribution is 7.22. The van der Waals surface area contributed by atoms with Crippen LogP contribution in [0.3, 0.4) is 0 Å². The molecule has 0 unspecified atom stereocenters. The fourth-order valence-electron chi connectivity index (χ4n) is 6.60. The van der Waals surface area contributed by atoms with E-state index in [1.54, 1.807) is 0 Å². The van der Waals surface area contributed by atoms with E-state index in [-0.39, 0.29) is 68.7 Å². The van der Waals surface area contributed by atoms with Crippen molar-refractivity contribution in [2.24, 2.45) is 5.41 Å². The van der Waals surface area contributed by atoms with Gasteiger partial charge in [-0.3, -0.25) is 9.69 Å². The first kappa shape index (κ1) is 30.5. The molecule has 7 rings (SSSR count). The van der Waals surface area contributed by atoms with Crippen LogP contribution in [0.1, 0.15) is 31.2 Å². The van der Waals surface area contributed by atoms with Gasteiger partial charge in [-0.05, 0) is 56.0 Å². The summed E-state index contributed by atoms with van der Waals surface area (Å²) < 4.78 is 87.2.